The molecule has 0 saturated carbocycles. The summed E-state index contributed by atoms with van der Waals surface area (Å²) in [6.45, 7) is 9.55. The minimum Gasteiger partial charge on any atom is -0.492 e. The molecule has 0 saturated heterocycles. The van der Waals surface area contributed by atoms with Gasteiger partial charge in [0.2, 0.25) is 21.8 Å². The van der Waals surface area contributed by atoms with E-state index in [2.05, 4.69) is 5.32 Å². The number of rotatable bonds is 12. The fourth-order valence-electron chi connectivity index (χ4n) is 3.77. The predicted molar refractivity (Wildman–Crippen MR) is 143 cm³/mol. The van der Waals surface area contributed by atoms with Crippen molar-refractivity contribution in [1.82, 2.24) is 10.2 Å². The quantitative estimate of drug-likeness (QED) is 0.442. The van der Waals surface area contributed by atoms with Gasteiger partial charge in [0.15, 0.2) is 0 Å². The van der Waals surface area contributed by atoms with E-state index in [1.807, 2.05) is 27.7 Å². The largest absolute Gasteiger partial charge is 0.492 e. The van der Waals surface area contributed by atoms with E-state index in [4.69, 9.17) is 4.74 Å². The molecule has 0 radical (unpaired) electrons. The Morgan fingerprint density at radius 1 is 1.08 bits per heavy atom. The van der Waals surface area contributed by atoms with E-state index in [0.717, 1.165) is 6.26 Å². The van der Waals surface area contributed by atoms with Crippen molar-refractivity contribution in [2.24, 2.45) is 0 Å². The molecule has 0 fully saturated rings. The first-order chi connectivity index (χ1) is 17.2. The minimum atomic E-state index is -3.65. The zero-order valence-corrected chi connectivity index (χ0v) is 23.3. The summed E-state index contributed by atoms with van der Waals surface area (Å²) in [6.07, 6.45) is 1.34. The maximum Gasteiger partial charge on any atom is 0.242 e. The third kappa shape index (κ3) is 9.35. The Bertz CT molecular complexity index is 1160. The van der Waals surface area contributed by atoms with Gasteiger partial charge in [-0.1, -0.05) is 24.3 Å². The van der Waals surface area contributed by atoms with E-state index in [0.29, 0.717) is 23.6 Å². The van der Waals surface area contributed by atoms with Crippen LogP contribution < -0.4 is 14.4 Å². The molecule has 0 aliphatic heterocycles. The van der Waals surface area contributed by atoms with Crippen molar-refractivity contribution in [3.8, 4) is 5.75 Å². The van der Waals surface area contributed by atoms with E-state index in [9.17, 15) is 22.4 Å². The molecule has 2 aromatic rings. The van der Waals surface area contributed by atoms with E-state index in [1.54, 1.807) is 43.3 Å². The van der Waals surface area contributed by atoms with Crippen LogP contribution in [0.25, 0.3) is 0 Å². The molecule has 0 heterocycles. The molecule has 0 unspecified atom stereocenters. The maximum absolute atomic E-state index is 13.4. The van der Waals surface area contributed by atoms with Crippen molar-refractivity contribution >= 4 is 27.5 Å². The molecular formula is C27H38FN3O5S. The van der Waals surface area contributed by atoms with Crippen molar-refractivity contribution in [3.63, 3.8) is 0 Å². The zero-order chi connectivity index (χ0) is 27.8. The average molecular weight is 536 g/mol. The number of para-hydroxylation sites is 2. The number of nitrogens with zero attached hydrogens (tertiary/aromatic N) is 2. The number of benzene rings is 2. The van der Waals surface area contributed by atoms with Crippen molar-refractivity contribution in [2.45, 2.75) is 65.6 Å². The molecule has 0 bridgehead atoms. The number of ether oxygens (including phenoxy) is 1. The molecule has 0 aliphatic carbocycles. The normalized spacial score (nSPS) is 12.5. The molecule has 37 heavy (non-hydrogen) atoms. The van der Waals surface area contributed by atoms with Crippen LogP contribution in [0.5, 0.6) is 5.75 Å². The van der Waals surface area contributed by atoms with Gasteiger partial charge in [0.1, 0.15) is 17.6 Å². The van der Waals surface area contributed by atoms with Crippen molar-refractivity contribution in [2.75, 3.05) is 23.7 Å². The van der Waals surface area contributed by atoms with Gasteiger partial charge in [0, 0.05) is 25.0 Å². The number of halogens is 1. The lowest BCUT2D eigenvalue weighted by atomic mass is 10.1. The highest BCUT2D eigenvalue weighted by atomic mass is 32.2. The second-order valence-corrected chi connectivity index (χ2v) is 11.8. The van der Waals surface area contributed by atoms with Crippen LogP contribution in [-0.2, 0) is 26.2 Å². The Labute approximate surface area is 219 Å². The smallest absolute Gasteiger partial charge is 0.242 e. The van der Waals surface area contributed by atoms with Gasteiger partial charge in [-0.2, -0.15) is 0 Å². The summed E-state index contributed by atoms with van der Waals surface area (Å²) in [5.41, 5.74) is 0.591. The third-order valence-corrected chi connectivity index (χ3v) is 6.70. The molecule has 2 amide bonds. The van der Waals surface area contributed by atoms with Crippen molar-refractivity contribution in [1.29, 1.82) is 0 Å². The number of carbonyl (C=O) groups excluding carboxylic acids is 2. The van der Waals surface area contributed by atoms with Gasteiger partial charge in [0.05, 0.1) is 18.6 Å². The summed E-state index contributed by atoms with van der Waals surface area (Å²) in [5, 5.41) is 2.89. The van der Waals surface area contributed by atoms with Crippen LogP contribution in [0.3, 0.4) is 0 Å². The molecular weight excluding hydrogens is 497 g/mol. The molecule has 1 N–H and O–H groups in total. The first kappa shape index (κ1) is 30.1. The van der Waals surface area contributed by atoms with Crippen molar-refractivity contribution in [3.05, 3.63) is 59.9 Å². The fourth-order valence-corrected chi connectivity index (χ4v) is 4.74. The number of sulfonamides is 1. The second-order valence-electron chi connectivity index (χ2n) is 9.90. The topological polar surface area (TPSA) is 96.0 Å². The van der Waals surface area contributed by atoms with Crippen LogP contribution in [0.2, 0.25) is 0 Å². The van der Waals surface area contributed by atoms with Crippen LogP contribution >= 0.6 is 0 Å². The highest BCUT2D eigenvalue weighted by molar-refractivity contribution is 7.92. The molecule has 204 valence electrons. The van der Waals surface area contributed by atoms with Gasteiger partial charge in [-0.05, 0) is 70.9 Å². The standard InChI is InChI=1S/C27H38FN3O5S/c1-7-36-24-12-9-8-11-23(24)31(37(6,34)35)18-10-13-25(32)30(19-21-14-16-22(28)17-15-21)20(2)26(33)29-27(3,4)5/h8-9,11-12,14-17,20H,7,10,13,18-19H2,1-6H3,(H,29,33)/t20-/m1/s1. The first-order valence-corrected chi connectivity index (χ1v) is 14.1. The molecule has 0 aliphatic rings. The SMILES string of the molecule is CCOc1ccccc1N(CCCC(=O)N(Cc1ccc(F)cc1)[C@H](C)C(=O)NC(C)(C)C)S(C)(=O)=O. The molecule has 10 heteroatoms. The lowest BCUT2D eigenvalue weighted by molar-refractivity contribution is -0.141. The number of amides is 2. The van der Waals surface area contributed by atoms with Crippen LogP contribution in [0, 0.1) is 5.82 Å². The number of anilines is 1. The van der Waals surface area contributed by atoms with Gasteiger partial charge in [0.25, 0.3) is 0 Å². The highest BCUT2D eigenvalue weighted by Crippen LogP contribution is 2.30. The Morgan fingerprint density at radius 2 is 1.70 bits per heavy atom. The van der Waals surface area contributed by atoms with Crippen LogP contribution in [0.1, 0.15) is 53.0 Å². The van der Waals surface area contributed by atoms with Crippen LogP contribution in [-0.4, -0.2) is 56.1 Å². The van der Waals surface area contributed by atoms with Gasteiger partial charge in [-0.3, -0.25) is 13.9 Å². The molecule has 2 rings (SSSR count). The lowest BCUT2D eigenvalue weighted by Gasteiger charge is -2.32. The Balaban J connectivity index is 2.22. The number of hydrogen-bond donors (Lipinski definition) is 1. The van der Waals surface area contributed by atoms with Gasteiger partial charge in [-0.15, -0.1) is 0 Å². The summed E-state index contributed by atoms with van der Waals surface area (Å²) in [5.74, 6) is -0.584. The second kappa shape index (κ2) is 12.9. The monoisotopic (exact) mass is 535 g/mol. The number of hydrogen-bond acceptors (Lipinski definition) is 5. The van der Waals surface area contributed by atoms with Crippen LogP contribution in [0.4, 0.5) is 10.1 Å². The third-order valence-electron chi connectivity index (χ3n) is 5.52. The van der Waals surface area contributed by atoms with Gasteiger partial charge in [-0.25, -0.2) is 12.8 Å². The Morgan fingerprint density at radius 3 is 2.27 bits per heavy atom. The molecule has 2 aromatic carbocycles. The fraction of sp³-hybridized carbons (Fsp3) is 0.481. The van der Waals surface area contributed by atoms with E-state index < -0.39 is 27.4 Å². The zero-order valence-electron chi connectivity index (χ0n) is 22.5. The molecule has 0 spiro atoms. The van der Waals surface area contributed by atoms with Crippen LogP contribution in [0.15, 0.2) is 48.5 Å². The summed E-state index contributed by atoms with van der Waals surface area (Å²) >= 11 is 0. The van der Waals surface area contributed by atoms with E-state index in [1.165, 1.54) is 21.3 Å². The number of nitrogens with one attached hydrogen (secondary N) is 1. The summed E-state index contributed by atoms with van der Waals surface area (Å²) in [6, 6.07) is 11.8. The summed E-state index contributed by atoms with van der Waals surface area (Å²) in [7, 11) is -3.65. The maximum atomic E-state index is 13.4. The predicted octanol–water partition coefficient (Wildman–Crippen LogP) is 4.10. The first-order valence-electron chi connectivity index (χ1n) is 12.3. The van der Waals surface area contributed by atoms with Gasteiger partial charge < -0.3 is 15.0 Å². The average Bonchev–Trinajstić information content (AvgIpc) is 2.80. The number of carbonyl (C=O) groups is 2. The van der Waals surface area contributed by atoms with E-state index in [-0.39, 0.29) is 37.7 Å². The summed E-state index contributed by atoms with van der Waals surface area (Å²) < 4.78 is 45.4. The van der Waals surface area contributed by atoms with Gasteiger partial charge >= 0.3 is 0 Å². The highest BCUT2D eigenvalue weighted by Gasteiger charge is 2.29. The molecule has 0 aromatic heterocycles. The Hall–Kier alpha value is -3.14. The van der Waals surface area contributed by atoms with E-state index >= 15 is 0 Å². The van der Waals surface area contributed by atoms with Crippen molar-refractivity contribution < 1.29 is 27.1 Å². The minimum absolute atomic E-state index is 0.0111. The lowest BCUT2D eigenvalue weighted by Crippen LogP contribution is -2.52. The summed E-state index contributed by atoms with van der Waals surface area (Å²) in [4.78, 5) is 27.7. The Kier molecular flexibility index (Phi) is 10.5. The molecule has 8 nitrogen and oxygen atoms in total. The molecule has 1 atom stereocenters.